The van der Waals surface area contributed by atoms with E-state index in [1.165, 1.54) is 28.9 Å². The molecule has 1 fully saturated rings. The van der Waals surface area contributed by atoms with Gasteiger partial charge in [0.2, 0.25) is 5.91 Å². The number of nitrogens with one attached hydrogen (secondary N) is 1. The van der Waals surface area contributed by atoms with Gasteiger partial charge in [0, 0.05) is 33.1 Å². The van der Waals surface area contributed by atoms with E-state index in [0.29, 0.717) is 12.1 Å². The van der Waals surface area contributed by atoms with Crippen molar-refractivity contribution in [1.82, 2.24) is 15.1 Å². The number of carbonyl (C=O) groups excluding carboxylic acids is 2. The zero-order valence-corrected chi connectivity index (χ0v) is 14.1. The zero-order valence-electron chi connectivity index (χ0n) is 14.1. The molecular formula is C16H20F3N3O4. The van der Waals surface area contributed by atoms with Crippen molar-refractivity contribution >= 4 is 11.9 Å². The molecule has 0 unspecified atom stereocenters. The third-order valence-electron chi connectivity index (χ3n) is 3.84. The zero-order chi connectivity index (χ0) is 19.3. The van der Waals surface area contributed by atoms with Crippen molar-refractivity contribution in [3.8, 4) is 5.75 Å². The second-order valence-corrected chi connectivity index (χ2v) is 5.92. The largest absolute Gasteiger partial charge is 0.573 e. The Morgan fingerprint density at radius 1 is 1.19 bits per heavy atom. The van der Waals surface area contributed by atoms with Gasteiger partial charge in [-0.3, -0.25) is 4.79 Å². The Hall–Kier alpha value is -2.49. The molecule has 1 aliphatic rings. The summed E-state index contributed by atoms with van der Waals surface area (Å²) in [5.41, 5.74) is 0.591. The lowest BCUT2D eigenvalue weighted by Crippen LogP contribution is -2.43. The van der Waals surface area contributed by atoms with Crippen molar-refractivity contribution in [1.29, 1.82) is 0 Å². The maximum absolute atomic E-state index is 12.2. The smallest absolute Gasteiger partial charge is 0.406 e. The Labute approximate surface area is 148 Å². The van der Waals surface area contributed by atoms with Gasteiger partial charge in [-0.1, -0.05) is 12.1 Å². The monoisotopic (exact) mass is 375 g/mol. The van der Waals surface area contributed by atoms with Crippen LogP contribution in [-0.4, -0.2) is 65.5 Å². The van der Waals surface area contributed by atoms with Gasteiger partial charge < -0.3 is 25.0 Å². The van der Waals surface area contributed by atoms with Gasteiger partial charge in [-0.15, -0.1) is 13.2 Å². The molecule has 1 aromatic carbocycles. The van der Waals surface area contributed by atoms with Gasteiger partial charge in [0.15, 0.2) is 0 Å². The fourth-order valence-electron chi connectivity index (χ4n) is 2.56. The summed E-state index contributed by atoms with van der Waals surface area (Å²) >= 11 is 0. The number of rotatable bonds is 3. The molecule has 0 saturated carbocycles. The van der Waals surface area contributed by atoms with Crippen LogP contribution in [0.5, 0.6) is 5.75 Å². The maximum atomic E-state index is 12.2. The fraction of sp³-hybridized carbons (Fsp3) is 0.500. The standard InChI is InChI=1S/C16H20F3N3O4/c1-11(23)21-6-7-22(10-13(24)9-21)15(25)20-8-12-2-4-14(5-3-12)26-16(17,18)19/h2-5,13,24H,6-10H2,1H3,(H,20,25)/t13-/m0/s1. The van der Waals surface area contributed by atoms with Crippen LogP contribution in [0.25, 0.3) is 0 Å². The predicted molar refractivity (Wildman–Crippen MR) is 85.2 cm³/mol. The number of urea groups is 1. The van der Waals surface area contributed by atoms with Crippen molar-refractivity contribution < 1.29 is 32.6 Å². The van der Waals surface area contributed by atoms with Crippen molar-refractivity contribution in [3.05, 3.63) is 29.8 Å². The van der Waals surface area contributed by atoms with Gasteiger partial charge in [-0.2, -0.15) is 0 Å². The molecule has 1 aliphatic heterocycles. The van der Waals surface area contributed by atoms with Crippen molar-refractivity contribution in [2.75, 3.05) is 26.2 Å². The highest BCUT2D eigenvalue weighted by atomic mass is 19.4. The number of hydrogen-bond acceptors (Lipinski definition) is 4. The lowest BCUT2D eigenvalue weighted by molar-refractivity contribution is -0.274. The Balaban J connectivity index is 1.87. The van der Waals surface area contributed by atoms with Crippen LogP contribution < -0.4 is 10.1 Å². The van der Waals surface area contributed by atoms with Crippen molar-refractivity contribution in [2.45, 2.75) is 25.9 Å². The van der Waals surface area contributed by atoms with E-state index >= 15 is 0 Å². The van der Waals surface area contributed by atoms with Crippen LogP contribution in [0.2, 0.25) is 0 Å². The third-order valence-corrected chi connectivity index (χ3v) is 3.84. The molecule has 1 heterocycles. The van der Waals surface area contributed by atoms with Gasteiger partial charge >= 0.3 is 12.4 Å². The topological polar surface area (TPSA) is 82.1 Å². The van der Waals surface area contributed by atoms with Crippen LogP contribution in [0.1, 0.15) is 12.5 Å². The first-order chi connectivity index (χ1) is 12.1. The van der Waals surface area contributed by atoms with Crippen molar-refractivity contribution in [3.63, 3.8) is 0 Å². The highest BCUT2D eigenvalue weighted by Crippen LogP contribution is 2.22. The van der Waals surface area contributed by atoms with E-state index in [0.717, 1.165) is 12.1 Å². The van der Waals surface area contributed by atoms with E-state index in [4.69, 9.17) is 0 Å². The number of ether oxygens (including phenoxy) is 1. The molecule has 1 saturated heterocycles. The summed E-state index contributed by atoms with van der Waals surface area (Å²) in [6, 6.07) is 4.72. The van der Waals surface area contributed by atoms with E-state index in [2.05, 4.69) is 10.1 Å². The SMILES string of the molecule is CC(=O)N1CCN(C(=O)NCc2ccc(OC(F)(F)F)cc2)C[C@@H](O)C1. The van der Waals surface area contributed by atoms with Crippen molar-refractivity contribution in [2.24, 2.45) is 0 Å². The second kappa shape index (κ2) is 8.26. The number of nitrogens with zero attached hydrogens (tertiary/aromatic N) is 2. The van der Waals surface area contributed by atoms with Crippen LogP contribution in [0, 0.1) is 0 Å². The summed E-state index contributed by atoms with van der Waals surface area (Å²) in [5, 5.41) is 12.6. The number of β-amino-alcohol motifs (C(OH)–C–C–N with tert-alkyl or cyclic N) is 1. The number of aliphatic hydroxyl groups excluding tert-OH is 1. The molecule has 1 atom stereocenters. The molecule has 0 radical (unpaired) electrons. The van der Waals surface area contributed by atoms with Crippen LogP contribution in [0.15, 0.2) is 24.3 Å². The lowest BCUT2D eigenvalue weighted by atomic mass is 10.2. The molecule has 7 nitrogen and oxygen atoms in total. The number of halogens is 3. The summed E-state index contributed by atoms with van der Waals surface area (Å²) < 4.78 is 40.1. The normalized spacial score (nSPS) is 18.3. The predicted octanol–water partition coefficient (Wildman–Crippen LogP) is 1.32. The summed E-state index contributed by atoms with van der Waals surface area (Å²) in [6.07, 6.45) is -5.59. The number of alkyl halides is 3. The lowest BCUT2D eigenvalue weighted by Gasteiger charge is -2.22. The highest BCUT2D eigenvalue weighted by molar-refractivity contribution is 5.75. The first-order valence-electron chi connectivity index (χ1n) is 7.95. The molecule has 2 rings (SSSR count). The molecule has 1 aromatic rings. The Morgan fingerprint density at radius 3 is 2.35 bits per heavy atom. The number of aliphatic hydroxyl groups is 1. The minimum atomic E-state index is -4.75. The average Bonchev–Trinajstić information content (AvgIpc) is 2.74. The molecule has 26 heavy (non-hydrogen) atoms. The molecule has 0 spiro atoms. The molecule has 0 aliphatic carbocycles. The summed E-state index contributed by atoms with van der Waals surface area (Å²) in [5.74, 6) is -0.514. The van der Waals surface area contributed by atoms with Crippen LogP contribution >= 0.6 is 0 Å². The van der Waals surface area contributed by atoms with Gasteiger partial charge in [0.1, 0.15) is 5.75 Å². The average molecular weight is 375 g/mol. The van der Waals surface area contributed by atoms with E-state index < -0.39 is 18.5 Å². The molecule has 3 amide bonds. The van der Waals surface area contributed by atoms with Crippen LogP contribution in [0.3, 0.4) is 0 Å². The summed E-state index contributed by atoms with van der Waals surface area (Å²) in [4.78, 5) is 26.5. The number of benzene rings is 1. The van der Waals surface area contributed by atoms with Crippen LogP contribution in [0.4, 0.5) is 18.0 Å². The van der Waals surface area contributed by atoms with E-state index in [-0.39, 0.29) is 37.8 Å². The molecular weight excluding hydrogens is 355 g/mol. The van der Waals surface area contributed by atoms with E-state index in [1.807, 2.05) is 0 Å². The highest BCUT2D eigenvalue weighted by Gasteiger charge is 2.31. The molecule has 144 valence electrons. The first-order valence-corrected chi connectivity index (χ1v) is 7.95. The molecule has 0 aromatic heterocycles. The van der Waals surface area contributed by atoms with Gasteiger partial charge in [0.05, 0.1) is 12.6 Å². The van der Waals surface area contributed by atoms with Gasteiger partial charge in [-0.25, -0.2) is 4.79 Å². The molecule has 2 N–H and O–H groups in total. The minimum absolute atomic E-state index is 0.0912. The summed E-state index contributed by atoms with van der Waals surface area (Å²) in [7, 11) is 0. The van der Waals surface area contributed by atoms with E-state index in [9.17, 15) is 27.9 Å². The first kappa shape index (κ1) is 19.8. The molecule has 10 heteroatoms. The second-order valence-electron chi connectivity index (χ2n) is 5.92. The minimum Gasteiger partial charge on any atom is -0.406 e. The van der Waals surface area contributed by atoms with Gasteiger partial charge in [-0.05, 0) is 17.7 Å². The molecule has 0 bridgehead atoms. The third kappa shape index (κ3) is 6.10. The maximum Gasteiger partial charge on any atom is 0.573 e. The summed E-state index contributed by atoms with van der Waals surface area (Å²) in [6.45, 7) is 2.36. The van der Waals surface area contributed by atoms with E-state index in [1.54, 1.807) is 0 Å². The fourth-order valence-corrected chi connectivity index (χ4v) is 2.56. The number of hydrogen-bond donors (Lipinski definition) is 2. The quantitative estimate of drug-likeness (QED) is 0.835. The Bertz CT molecular complexity index is 637. The number of amides is 3. The van der Waals surface area contributed by atoms with Crippen LogP contribution in [-0.2, 0) is 11.3 Å². The Morgan fingerprint density at radius 2 is 1.77 bits per heavy atom. The number of carbonyl (C=O) groups is 2. The Kier molecular flexibility index (Phi) is 6.30. The van der Waals surface area contributed by atoms with Gasteiger partial charge in [0.25, 0.3) is 0 Å².